The van der Waals surface area contributed by atoms with Gasteiger partial charge in [0, 0.05) is 10.3 Å². The van der Waals surface area contributed by atoms with E-state index in [9.17, 15) is 10.1 Å². The van der Waals surface area contributed by atoms with Gasteiger partial charge in [-0.1, -0.05) is 0 Å². The summed E-state index contributed by atoms with van der Waals surface area (Å²) in [6.45, 7) is 0. The van der Waals surface area contributed by atoms with Gasteiger partial charge in [-0.05, 0) is 55.5 Å². The van der Waals surface area contributed by atoms with Gasteiger partial charge in [-0.25, -0.2) is 4.99 Å². The lowest BCUT2D eigenvalue weighted by Crippen LogP contribution is -2.21. The van der Waals surface area contributed by atoms with E-state index in [1.807, 2.05) is 0 Å². The number of rotatable bonds is 3. The van der Waals surface area contributed by atoms with Crippen LogP contribution in [0.1, 0.15) is 39.2 Å². The second-order valence-electron chi connectivity index (χ2n) is 6.35. The zero-order chi connectivity index (χ0) is 19.0. The molecule has 1 amide bonds. The minimum atomic E-state index is -0.637. The van der Waals surface area contributed by atoms with Gasteiger partial charge in [0.05, 0.1) is 12.7 Å². The maximum absolute atomic E-state index is 12.0. The summed E-state index contributed by atoms with van der Waals surface area (Å²) < 4.78 is 11.1. The van der Waals surface area contributed by atoms with Crippen molar-refractivity contribution in [2.75, 3.05) is 7.11 Å². The Morgan fingerprint density at radius 3 is 2.89 bits per heavy atom. The largest absolute Gasteiger partial charge is 0.497 e. The number of aryl methyl sites for hydroxylation is 1. The first-order valence-corrected chi connectivity index (χ1v) is 9.43. The number of fused-ring (bicyclic) bond motifs is 2. The van der Waals surface area contributed by atoms with Crippen LogP contribution in [0.2, 0.25) is 0 Å². The predicted molar refractivity (Wildman–Crippen MR) is 102 cm³/mol. The molecule has 0 spiro atoms. The number of hydrogen-bond acceptors (Lipinski definition) is 6. The SMILES string of the molecule is COc1ccc2oc(=Nc3sc4c(c3C#N)CCCC4)c(C(N)=O)cc2c1. The second-order valence-corrected chi connectivity index (χ2v) is 7.43. The Morgan fingerprint density at radius 2 is 2.15 bits per heavy atom. The molecule has 0 unspecified atom stereocenters. The minimum absolute atomic E-state index is 0.121. The molecule has 1 aromatic carbocycles. The molecule has 4 rings (SSSR count). The summed E-state index contributed by atoms with van der Waals surface area (Å²) in [6, 6.07) is 9.19. The number of carbonyl (C=O) groups is 1. The van der Waals surface area contributed by atoms with E-state index in [0.717, 1.165) is 31.2 Å². The average molecular weight is 379 g/mol. The van der Waals surface area contributed by atoms with E-state index < -0.39 is 5.91 Å². The molecule has 0 atom stereocenters. The normalized spacial score (nSPS) is 14.0. The lowest BCUT2D eigenvalue weighted by atomic mass is 9.96. The molecule has 0 bridgehead atoms. The van der Waals surface area contributed by atoms with Gasteiger partial charge >= 0.3 is 0 Å². The third kappa shape index (κ3) is 3.09. The summed E-state index contributed by atoms with van der Waals surface area (Å²) >= 11 is 1.49. The van der Waals surface area contributed by atoms with E-state index in [-0.39, 0.29) is 11.1 Å². The molecule has 7 heteroatoms. The molecule has 6 nitrogen and oxygen atoms in total. The third-order valence-electron chi connectivity index (χ3n) is 4.69. The number of nitrogens with two attached hydrogens (primary N) is 1. The summed E-state index contributed by atoms with van der Waals surface area (Å²) in [6.07, 6.45) is 4.04. The van der Waals surface area contributed by atoms with Crippen molar-refractivity contribution in [3.8, 4) is 11.8 Å². The second kappa shape index (κ2) is 6.89. The maximum Gasteiger partial charge on any atom is 0.254 e. The monoisotopic (exact) mass is 379 g/mol. The number of carbonyl (C=O) groups excluding carboxylic acids is 1. The summed E-state index contributed by atoms with van der Waals surface area (Å²) in [5.41, 5.74) is 8.05. The van der Waals surface area contributed by atoms with E-state index in [1.165, 1.54) is 16.2 Å². The van der Waals surface area contributed by atoms with Gasteiger partial charge in [0.25, 0.3) is 5.91 Å². The zero-order valence-corrected chi connectivity index (χ0v) is 15.6. The van der Waals surface area contributed by atoms with E-state index in [1.54, 1.807) is 31.4 Å². The predicted octanol–water partition coefficient (Wildman–Crippen LogP) is 3.58. The van der Waals surface area contributed by atoms with Crippen LogP contribution in [0, 0.1) is 11.3 Å². The molecule has 2 N–H and O–H groups in total. The highest BCUT2D eigenvalue weighted by atomic mass is 32.1. The zero-order valence-electron chi connectivity index (χ0n) is 14.7. The molecule has 0 saturated heterocycles. The van der Waals surface area contributed by atoms with Crippen molar-refractivity contribution in [3.05, 3.63) is 51.4 Å². The van der Waals surface area contributed by atoms with Gasteiger partial charge in [-0.2, -0.15) is 5.26 Å². The van der Waals surface area contributed by atoms with Crippen LogP contribution in [0.4, 0.5) is 5.00 Å². The van der Waals surface area contributed by atoms with Crippen LogP contribution in [-0.2, 0) is 12.8 Å². The number of primary amides is 1. The number of ether oxygens (including phenoxy) is 1. The fourth-order valence-electron chi connectivity index (χ4n) is 3.33. The molecule has 1 aliphatic carbocycles. The van der Waals surface area contributed by atoms with Crippen LogP contribution in [0.5, 0.6) is 5.75 Å². The van der Waals surface area contributed by atoms with Crippen molar-refractivity contribution in [3.63, 3.8) is 0 Å². The number of methoxy groups -OCH3 is 1. The molecule has 3 aromatic rings. The first-order chi connectivity index (χ1) is 13.1. The molecule has 136 valence electrons. The van der Waals surface area contributed by atoms with Gasteiger partial charge in [0.1, 0.15) is 28.0 Å². The Morgan fingerprint density at radius 1 is 1.33 bits per heavy atom. The molecule has 0 saturated carbocycles. The van der Waals surface area contributed by atoms with E-state index in [0.29, 0.717) is 27.3 Å². The summed E-state index contributed by atoms with van der Waals surface area (Å²) in [4.78, 5) is 17.7. The standard InChI is InChI=1S/C20H17N3O3S/c1-25-12-6-7-16-11(8-12)9-14(18(22)24)19(26-16)23-20-15(10-21)13-4-2-3-5-17(13)27-20/h6-9H,2-5H2,1H3,(H2,22,24). The van der Waals surface area contributed by atoms with Crippen LogP contribution >= 0.6 is 11.3 Å². The molecule has 2 heterocycles. The minimum Gasteiger partial charge on any atom is -0.497 e. The topological polar surface area (TPSA) is 102 Å². The van der Waals surface area contributed by atoms with Crippen molar-refractivity contribution >= 4 is 33.2 Å². The lowest BCUT2D eigenvalue weighted by Gasteiger charge is -2.09. The first-order valence-electron chi connectivity index (χ1n) is 8.61. The summed E-state index contributed by atoms with van der Waals surface area (Å²) in [5, 5.41) is 10.9. The molecule has 1 aliphatic rings. The first kappa shape index (κ1) is 17.3. The Kier molecular flexibility index (Phi) is 4.42. The van der Waals surface area contributed by atoms with Crippen LogP contribution in [0.3, 0.4) is 0 Å². The van der Waals surface area contributed by atoms with Crippen molar-refractivity contribution in [2.45, 2.75) is 25.7 Å². The fraction of sp³-hybridized carbons (Fsp3) is 0.250. The quantitative estimate of drug-likeness (QED) is 0.751. The number of thiophene rings is 1. The van der Waals surface area contributed by atoms with Crippen molar-refractivity contribution in [1.82, 2.24) is 0 Å². The van der Waals surface area contributed by atoms with Crippen LogP contribution in [0.15, 0.2) is 33.7 Å². The number of benzene rings is 1. The highest BCUT2D eigenvalue weighted by Crippen LogP contribution is 2.39. The summed E-state index contributed by atoms with van der Waals surface area (Å²) in [7, 11) is 1.57. The van der Waals surface area contributed by atoms with Gasteiger partial charge in [-0.3, -0.25) is 4.79 Å². The third-order valence-corrected chi connectivity index (χ3v) is 5.87. The maximum atomic E-state index is 12.0. The fourth-order valence-corrected chi connectivity index (χ4v) is 4.54. The Bertz CT molecular complexity index is 1170. The molecule has 2 aromatic heterocycles. The van der Waals surface area contributed by atoms with Crippen molar-refractivity contribution in [2.24, 2.45) is 10.7 Å². The van der Waals surface area contributed by atoms with Crippen LogP contribution in [-0.4, -0.2) is 13.0 Å². The number of hydrogen-bond donors (Lipinski definition) is 1. The molecule has 0 radical (unpaired) electrons. The van der Waals surface area contributed by atoms with Gasteiger partial charge < -0.3 is 14.9 Å². The van der Waals surface area contributed by atoms with E-state index in [2.05, 4.69) is 11.1 Å². The highest BCUT2D eigenvalue weighted by molar-refractivity contribution is 7.16. The Labute approximate surface area is 159 Å². The van der Waals surface area contributed by atoms with E-state index >= 15 is 0 Å². The summed E-state index contributed by atoms with van der Waals surface area (Å²) in [5.74, 6) is 0.0116. The molecule has 0 aliphatic heterocycles. The van der Waals surface area contributed by atoms with Gasteiger partial charge in [0.15, 0.2) is 0 Å². The Balaban J connectivity index is 1.95. The number of amides is 1. The smallest absolute Gasteiger partial charge is 0.254 e. The van der Waals surface area contributed by atoms with Crippen molar-refractivity contribution < 1.29 is 13.9 Å². The van der Waals surface area contributed by atoms with Crippen LogP contribution in [0.25, 0.3) is 11.0 Å². The average Bonchev–Trinajstić information content (AvgIpc) is 3.03. The van der Waals surface area contributed by atoms with Gasteiger partial charge in [-0.15, -0.1) is 11.3 Å². The lowest BCUT2D eigenvalue weighted by molar-refractivity contribution is 0.0996. The number of nitriles is 1. The Hall–Kier alpha value is -3.11. The van der Waals surface area contributed by atoms with Crippen LogP contribution < -0.4 is 16.0 Å². The molecular weight excluding hydrogens is 362 g/mol. The molecule has 27 heavy (non-hydrogen) atoms. The van der Waals surface area contributed by atoms with Crippen molar-refractivity contribution in [1.29, 1.82) is 5.26 Å². The molecular formula is C20H17N3O3S. The molecule has 0 fully saturated rings. The van der Waals surface area contributed by atoms with E-state index in [4.69, 9.17) is 14.9 Å². The number of nitrogens with zero attached hydrogens (tertiary/aromatic N) is 2. The van der Waals surface area contributed by atoms with Gasteiger partial charge in [0.2, 0.25) is 5.55 Å². The highest BCUT2D eigenvalue weighted by Gasteiger charge is 2.21.